The van der Waals surface area contributed by atoms with E-state index in [1.165, 1.54) is 38.1 Å². The molecule has 1 heterocycles. The first-order valence-corrected chi connectivity index (χ1v) is 10.5. The number of hydrogen-bond donors (Lipinski definition) is 2. The number of anilines is 3. The summed E-state index contributed by atoms with van der Waals surface area (Å²) in [7, 11) is 6.30. The molecule has 0 radical (unpaired) electrons. The van der Waals surface area contributed by atoms with Gasteiger partial charge in [-0.3, -0.25) is 14.4 Å². The lowest BCUT2D eigenvalue weighted by Crippen LogP contribution is -2.27. The van der Waals surface area contributed by atoms with Crippen molar-refractivity contribution in [2.24, 2.45) is 0 Å². The van der Waals surface area contributed by atoms with Gasteiger partial charge in [-0.1, -0.05) is 0 Å². The highest BCUT2D eigenvalue weighted by atomic mass is 19.1. The van der Waals surface area contributed by atoms with Crippen LogP contribution < -0.4 is 21.0 Å². The van der Waals surface area contributed by atoms with E-state index in [0.717, 1.165) is 13.0 Å². The fourth-order valence-corrected chi connectivity index (χ4v) is 3.61. The lowest BCUT2D eigenvalue weighted by Gasteiger charge is -2.19. The van der Waals surface area contributed by atoms with Gasteiger partial charge < -0.3 is 24.9 Å². The van der Waals surface area contributed by atoms with Gasteiger partial charge in [0.05, 0.1) is 23.3 Å². The maximum absolute atomic E-state index is 15.1. The molecule has 35 heavy (non-hydrogen) atoms. The molecule has 3 rings (SSSR count). The lowest BCUT2D eigenvalue weighted by molar-refractivity contribution is -0.117. The monoisotopic (exact) mass is 490 g/mol. The molecule has 1 aromatic heterocycles. The molecule has 2 aromatic carbocycles. The highest BCUT2D eigenvalue weighted by Crippen LogP contribution is 2.37. The number of hydrogen-bond acceptors (Lipinski definition) is 6. The number of nitrogens with one attached hydrogen (secondary N) is 2. The first-order chi connectivity index (χ1) is 16.3. The normalized spacial score (nSPS) is 11.1. The van der Waals surface area contributed by atoms with E-state index >= 15 is 4.39 Å². The van der Waals surface area contributed by atoms with Crippen molar-refractivity contribution in [2.45, 2.75) is 13.8 Å². The first-order valence-electron chi connectivity index (χ1n) is 10.5. The molecule has 0 saturated carbocycles. The van der Waals surface area contributed by atoms with Crippen molar-refractivity contribution in [3.05, 3.63) is 51.4 Å². The highest BCUT2D eigenvalue weighted by Gasteiger charge is 2.27. The third-order valence-corrected chi connectivity index (χ3v) is 5.13. The summed E-state index contributed by atoms with van der Waals surface area (Å²) in [6.07, 6.45) is 0. The van der Waals surface area contributed by atoms with E-state index in [4.69, 9.17) is 4.42 Å². The summed E-state index contributed by atoms with van der Waals surface area (Å²) in [5.74, 6) is -4.31. The Kier molecular flexibility index (Phi) is 7.20. The maximum atomic E-state index is 15.1. The summed E-state index contributed by atoms with van der Waals surface area (Å²) >= 11 is 0. The van der Waals surface area contributed by atoms with Crippen LogP contribution in [0.5, 0.6) is 0 Å². The summed E-state index contributed by atoms with van der Waals surface area (Å²) in [5, 5.41) is 4.35. The number of likely N-dealkylation sites (N-methyl/N-ethyl adjacent to an activating group) is 1. The van der Waals surface area contributed by atoms with Crippen LogP contribution in [0, 0.1) is 24.4 Å². The molecule has 2 N–H and O–H groups in total. The van der Waals surface area contributed by atoms with Crippen LogP contribution >= 0.6 is 0 Å². The van der Waals surface area contributed by atoms with E-state index in [1.54, 1.807) is 19.0 Å². The van der Waals surface area contributed by atoms with Gasteiger partial charge in [0.1, 0.15) is 11.5 Å². The lowest BCUT2D eigenvalue weighted by atomic mass is 10.0. The molecule has 0 fully saturated rings. The van der Waals surface area contributed by atoms with Gasteiger partial charge in [-0.15, -0.1) is 0 Å². The quantitative estimate of drug-likeness (QED) is 0.547. The van der Waals surface area contributed by atoms with Crippen LogP contribution in [-0.2, 0) is 9.59 Å². The van der Waals surface area contributed by atoms with Crippen molar-refractivity contribution in [2.75, 3.05) is 50.3 Å². The zero-order valence-electron chi connectivity index (χ0n) is 20.1. The molecular formula is C24H25F3N4O4. The molecule has 0 aliphatic heterocycles. The molecule has 3 aromatic rings. The number of halogens is 3. The average Bonchev–Trinajstić information content (AvgIpc) is 2.75. The predicted molar refractivity (Wildman–Crippen MR) is 128 cm³/mol. The summed E-state index contributed by atoms with van der Waals surface area (Å²) in [4.78, 5) is 40.1. The number of carbonyl (C=O) groups excluding carboxylic acids is 2. The molecule has 0 aliphatic rings. The fraction of sp³-hybridized carbons (Fsp3) is 0.292. The van der Waals surface area contributed by atoms with Crippen LogP contribution in [-0.4, -0.2) is 51.4 Å². The van der Waals surface area contributed by atoms with Crippen molar-refractivity contribution < 1.29 is 27.2 Å². The molecule has 2 amide bonds. The summed E-state index contributed by atoms with van der Waals surface area (Å²) in [6.45, 7) is 2.36. The predicted octanol–water partition coefficient (Wildman–Crippen LogP) is 3.71. The summed E-state index contributed by atoms with van der Waals surface area (Å²) in [6, 6.07) is 3.56. The minimum atomic E-state index is -1.09. The van der Waals surface area contributed by atoms with Gasteiger partial charge in [-0.25, -0.2) is 13.2 Å². The maximum Gasteiger partial charge on any atom is 0.238 e. The Balaban J connectivity index is 2.29. The Hall–Kier alpha value is -3.86. The largest absolute Gasteiger partial charge is 0.450 e. The third kappa shape index (κ3) is 4.99. The molecule has 0 saturated heterocycles. The molecule has 0 unspecified atom stereocenters. The van der Waals surface area contributed by atoms with Gasteiger partial charge in [-0.2, -0.15) is 0 Å². The molecule has 11 heteroatoms. The molecule has 0 aliphatic carbocycles. The minimum Gasteiger partial charge on any atom is -0.450 e. The fourth-order valence-electron chi connectivity index (χ4n) is 3.61. The average molecular weight is 490 g/mol. The van der Waals surface area contributed by atoms with Crippen molar-refractivity contribution >= 4 is 39.8 Å². The molecule has 0 atom stereocenters. The second kappa shape index (κ2) is 9.79. The third-order valence-electron chi connectivity index (χ3n) is 5.13. The summed E-state index contributed by atoms with van der Waals surface area (Å²) in [5.41, 5.74) is -2.55. The summed E-state index contributed by atoms with van der Waals surface area (Å²) < 4.78 is 50.5. The van der Waals surface area contributed by atoms with Crippen LogP contribution in [0.4, 0.5) is 30.2 Å². The molecule has 8 nitrogen and oxygen atoms in total. The van der Waals surface area contributed by atoms with Crippen molar-refractivity contribution in [3.8, 4) is 11.3 Å². The topological polar surface area (TPSA) is 94.9 Å². The van der Waals surface area contributed by atoms with Crippen molar-refractivity contribution in [3.63, 3.8) is 0 Å². The van der Waals surface area contributed by atoms with Crippen LogP contribution in [0.25, 0.3) is 22.3 Å². The van der Waals surface area contributed by atoms with E-state index in [0.29, 0.717) is 0 Å². The number of nitrogens with zero attached hydrogens (tertiary/aromatic N) is 2. The van der Waals surface area contributed by atoms with Gasteiger partial charge >= 0.3 is 0 Å². The van der Waals surface area contributed by atoms with E-state index < -0.39 is 51.4 Å². The smallest absolute Gasteiger partial charge is 0.238 e. The number of amides is 2. The second-order valence-corrected chi connectivity index (χ2v) is 8.50. The Bertz CT molecular complexity index is 1400. The van der Waals surface area contributed by atoms with Crippen molar-refractivity contribution in [1.29, 1.82) is 0 Å². The zero-order valence-corrected chi connectivity index (χ0v) is 20.1. The number of benzene rings is 2. The number of fused-ring (bicyclic) bond motifs is 1. The molecule has 0 spiro atoms. The molecule has 186 valence electrons. The van der Waals surface area contributed by atoms with Gasteiger partial charge in [-0.05, 0) is 39.2 Å². The van der Waals surface area contributed by atoms with E-state index in [2.05, 4.69) is 10.6 Å². The Labute approximate surface area is 199 Å². The van der Waals surface area contributed by atoms with Crippen LogP contribution in [0.15, 0.2) is 27.4 Å². The van der Waals surface area contributed by atoms with Gasteiger partial charge in [0.15, 0.2) is 23.0 Å². The SMILES string of the molecule is CC(=O)Nc1c(-c2ccc(NC(=O)CN(C)C)c(F)c2)oc2c(F)c(C)c(F)c(N(C)C)c2c1=O. The van der Waals surface area contributed by atoms with E-state index in [-0.39, 0.29) is 34.8 Å². The zero-order chi connectivity index (χ0) is 26.2. The van der Waals surface area contributed by atoms with E-state index in [9.17, 15) is 23.2 Å². The molecule has 0 bridgehead atoms. The van der Waals surface area contributed by atoms with Crippen LogP contribution in [0.1, 0.15) is 12.5 Å². The van der Waals surface area contributed by atoms with Gasteiger partial charge in [0.2, 0.25) is 17.2 Å². The standard InChI is InChI=1S/C24H25F3N4O4/c1-11-18(26)21(31(5)6)17-22(34)20(28-12(2)32)23(35-24(17)19(11)27)13-7-8-15(14(25)9-13)29-16(33)10-30(3)4/h7-9H,10H2,1-6H3,(H,28,32)(H,29,33). The number of rotatable bonds is 6. The first kappa shape index (κ1) is 25.8. The number of carbonyl (C=O) groups is 2. The minimum absolute atomic E-state index is 0.0105. The Morgan fingerprint density at radius 1 is 1.03 bits per heavy atom. The van der Waals surface area contributed by atoms with Crippen LogP contribution in [0.3, 0.4) is 0 Å². The van der Waals surface area contributed by atoms with Crippen LogP contribution in [0.2, 0.25) is 0 Å². The Morgan fingerprint density at radius 3 is 2.23 bits per heavy atom. The highest BCUT2D eigenvalue weighted by molar-refractivity contribution is 6.00. The van der Waals surface area contributed by atoms with Gasteiger partial charge in [0, 0.05) is 32.1 Å². The van der Waals surface area contributed by atoms with E-state index in [1.807, 2.05) is 0 Å². The van der Waals surface area contributed by atoms with Gasteiger partial charge in [0.25, 0.3) is 0 Å². The second-order valence-electron chi connectivity index (χ2n) is 8.50. The molecular weight excluding hydrogens is 465 g/mol. The van der Waals surface area contributed by atoms with Crippen molar-refractivity contribution in [1.82, 2.24) is 4.90 Å². The Morgan fingerprint density at radius 2 is 1.69 bits per heavy atom.